The molecule has 2 atom stereocenters. The van der Waals surface area contributed by atoms with Gasteiger partial charge in [-0.25, -0.2) is 14.8 Å². The second-order valence-corrected chi connectivity index (χ2v) is 15.8. The first kappa shape index (κ1) is 37.2. The first-order valence-corrected chi connectivity index (χ1v) is 19.9. The number of aryl methyl sites for hydroxylation is 1. The van der Waals surface area contributed by atoms with Crippen LogP contribution in [0.25, 0.3) is 0 Å². The smallest absolute Gasteiger partial charge is 0.407 e. The number of oxime groups is 1. The maximum Gasteiger partial charge on any atom is 0.407 e. The van der Waals surface area contributed by atoms with Crippen LogP contribution in [0.15, 0.2) is 117 Å². The van der Waals surface area contributed by atoms with Crippen LogP contribution in [0.1, 0.15) is 28.2 Å². The minimum absolute atomic E-state index is 0.0824. The van der Waals surface area contributed by atoms with Crippen LogP contribution in [0.5, 0.6) is 0 Å². The summed E-state index contributed by atoms with van der Waals surface area (Å²) in [4.78, 5) is 53.8. The topological polar surface area (TPSA) is 159 Å². The zero-order chi connectivity index (χ0) is 37.8. The molecular weight excluding hydrogens is 777 g/mol. The molecule has 1 unspecified atom stereocenters. The predicted octanol–water partition coefficient (Wildman–Crippen LogP) is 6.18. The highest BCUT2D eigenvalue weighted by Gasteiger charge is 2.54. The van der Waals surface area contributed by atoms with Gasteiger partial charge in [-0.1, -0.05) is 108 Å². The van der Waals surface area contributed by atoms with Crippen molar-refractivity contribution in [2.45, 2.75) is 34.8 Å². The van der Waals surface area contributed by atoms with E-state index >= 15 is 0 Å². The molecule has 18 heteroatoms. The number of thioether (sulfide) groups is 2. The van der Waals surface area contributed by atoms with E-state index in [0.717, 1.165) is 32.9 Å². The molecule has 2 aliphatic rings. The van der Waals surface area contributed by atoms with Gasteiger partial charge in [0.2, 0.25) is 0 Å². The Morgan fingerprint density at radius 3 is 2.17 bits per heavy atom. The molecule has 1 fully saturated rings. The van der Waals surface area contributed by atoms with Gasteiger partial charge in [-0.05, 0) is 40.7 Å². The fraction of sp³-hybridized carbons (Fsp3) is 0.194. The highest BCUT2D eigenvalue weighted by Crippen LogP contribution is 2.43. The number of aliphatic carboxylic acids is 1. The molecule has 12 nitrogen and oxygen atoms in total. The lowest BCUT2D eigenvalue weighted by molar-refractivity contribution is -0.150. The third kappa shape index (κ3) is 7.46. The number of carbonyl (C=O) groups is 3. The number of hydrogen-bond acceptors (Lipinski definition) is 13. The molecule has 0 radical (unpaired) electrons. The lowest BCUT2D eigenvalue weighted by Gasteiger charge is -2.49. The van der Waals surface area contributed by atoms with E-state index < -0.39 is 47.1 Å². The molecule has 0 bridgehead atoms. The van der Waals surface area contributed by atoms with Crippen molar-refractivity contribution in [2.75, 3.05) is 16.8 Å². The van der Waals surface area contributed by atoms with Crippen molar-refractivity contribution in [1.29, 1.82) is 0 Å². The SMILES string of the molecule is Cc1nsc(SCC2=C(C(=O)O)N3C(=O)C(NC(=O)C(=NOC(F)F)c4csc(NC(c5ccccc5)(c5ccccc5)c5ccccc5)n4)[C@@H]3SC2)n1. The van der Waals surface area contributed by atoms with Crippen molar-refractivity contribution >= 4 is 75.0 Å². The van der Waals surface area contributed by atoms with E-state index in [1.54, 1.807) is 6.92 Å². The molecule has 0 aliphatic carbocycles. The molecule has 3 N–H and O–H groups in total. The van der Waals surface area contributed by atoms with Crippen molar-refractivity contribution in [3.8, 4) is 0 Å². The molecule has 7 rings (SSSR count). The van der Waals surface area contributed by atoms with Gasteiger partial charge in [0, 0.05) is 16.9 Å². The highest BCUT2D eigenvalue weighted by atomic mass is 32.2. The van der Waals surface area contributed by atoms with Gasteiger partial charge >= 0.3 is 12.6 Å². The number of nitrogens with one attached hydrogen (secondary N) is 2. The van der Waals surface area contributed by atoms with E-state index in [9.17, 15) is 28.3 Å². The van der Waals surface area contributed by atoms with Crippen molar-refractivity contribution in [1.82, 2.24) is 24.6 Å². The van der Waals surface area contributed by atoms with Gasteiger partial charge in [-0.2, -0.15) is 13.2 Å². The molecule has 2 aromatic heterocycles. The second-order valence-electron chi connectivity index (χ2n) is 11.8. The number of halogens is 2. The van der Waals surface area contributed by atoms with E-state index in [4.69, 9.17) is 0 Å². The number of rotatable bonds is 14. The van der Waals surface area contributed by atoms with Crippen LogP contribution in [-0.4, -0.2) is 77.4 Å². The molecule has 4 heterocycles. The zero-order valence-corrected chi connectivity index (χ0v) is 31.4. The molecule has 3 aromatic carbocycles. The van der Waals surface area contributed by atoms with E-state index in [1.165, 1.54) is 40.4 Å². The number of aromatic nitrogens is 3. The molecular formula is C36H29F2N7O5S4. The fourth-order valence-corrected chi connectivity index (χ4v) is 10.1. The largest absolute Gasteiger partial charge is 0.477 e. The van der Waals surface area contributed by atoms with Crippen LogP contribution in [-0.2, 0) is 24.8 Å². The number of amides is 2. The number of β-lactam (4-membered cyclic amide) rings is 1. The lowest BCUT2D eigenvalue weighted by Crippen LogP contribution is -2.71. The summed E-state index contributed by atoms with van der Waals surface area (Å²) < 4.78 is 31.4. The minimum atomic E-state index is -3.34. The summed E-state index contributed by atoms with van der Waals surface area (Å²) in [5, 5.41) is 20.7. The van der Waals surface area contributed by atoms with E-state index in [2.05, 4.69) is 35.0 Å². The van der Waals surface area contributed by atoms with Crippen LogP contribution in [0, 0.1) is 6.92 Å². The zero-order valence-electron chi connectivity index (χ0n) is 28.1. The Kier molecular flexibility index (Phi) is 11.0. The van der Waals surface area contributed by atoms with Gasteiger partial charge < -0.3 is 20.6 Å². The summed E-state index contributed by atoms with van der Waals surface area (Å²) in [7, 11) is 0. The predicted molar refractivity (Wildman–Crippen MR) is 204 cm³/mol. The van der Waals surface area contributed by atoms with Gasteiger partial charge in [-0.3, -0.25) is 14.5 Å². The molecule has 2 aliphatic heterocycles. The Labute approximate surface area is 323 Å². The van der Waals surface area contributed by atoms with Crippen LogP contribution >= 0.6 is 46.4 Å². The van der Waals surface area contributed by atoms with Crippen molar-refractivity contribution in [3.63, 3.8) is 0 Å². The highest BCUT2D eigenvalue weighted by molar-refractivity contribution is 8.01. The van der Waals surface area contributed by atoms with Crippen molar-refractivity contribution < 1.29 is 33.1 Å². The van der Waals surface area contributed by atoms with Gasteiger partial charge in [0.1, 0.15) is 34.2 Å². The Balaban J connectivity index is 1.15. The van der Waals surface area contributed by atoms with Crippen LogP contribution in [0.4, 0.5) is 13.9 Å². The number of benzene rings is 3. The number of nitrogens with zero attached hydrogens (tertiary/aromatic N) is 5. The number of thiazole rings is 1. The summed E-state index contributed by atoms with van der Waals surface area (Å²) in [5.74, 6) is -1.79. The quantitative estimate of drug-likeness (QED) is 0.0387. The summed E-state index contributed by atoms with van der Waals surface area (Å²) in [6.45, 7) is -1.59. The molecule has 54 heavy (non-hydrogen) atoms. The second kappa shape index (κ2) is 16.1. The Morgan fingerprint density at radius 1 is 1.02 bits per heavy atom. The number of carboxylic acids is 1. The maximum atomic E-state index is 13.7. The third-order valence-electron chi connectivity index (χ3n) is 8.52. The standard InChI is InChI=1S/C36H29F2N7O5S4/c1-20-39-35(54-44-20)53-18-21-17-51-31-27(30(47)45(31)28(21)32(48)49)41-29(46)26(43-50-33(37)38)25-19-52-34(40-25)42-36(22-11-5-2-6-12-22,23-13-7-3-8-14-23)24-15-9-4-10-16-24/h2-16,19,27,31,33H,17-18H2,1H3,(H,40,42)(H,41,46)(H,48,49)/t27?,31-/m0/s1. The van der Waals surface area contributed by atoms with Gasteiger partial charge in [0.05, 0.1) is 0 Å². The first-order valence-electron chi connectivity index (χ1n) is 16.2. The summed E-state index contributed by atoms with van der Waals surface area (Å²) in [5.41, 5.74) is 1.38. The van der Waals surface area contributed by atoms with Gasteiger partial charge in [0.25, 0.3) is 11.8 Å². The summed E-state index contributed by atoms with van der Waals surface area (Å²) in [6, 6.07) is 28.0. The maximum absolute atomic E-state index is 13.7. The average molecular weight is 806 g/mol. The first-order chi connectivity index (χ1) is 26.2. The van der Waals surface area contributed by atoms with Gasteiger partial charge in [0.15, 0.2) is 15.2 Å². The number of alkyl halides is 2. The minimum Gasteiger partial charge on any atom is -0.477 e. The van der Waals surface area contributed by atoms with Crippen LogP contribution in [0.2, 0.25) is 0 Å². The van der Waals surface area contributed by atoms with E-state index in [0.29, 0.717) is 20.9 Å². The number of carboxylic acid groups (broad SMARTS) is 1. The van der Waals surface area contributed by atoms with Crippen molar-refractivity contribution in [3.05, 3.63) is 136 Å². The fourth-order valence-electron chi connectivity index (χ4n) is 6.17. The molecule has 5 aromatic rings. The van der Waals surface area contributed by atoms with Crippen LogP contribution in [0.3, 0.4) is 0 Å². The molecule has 0 saturated carbocycles. The lowest BCUT2D eigenvalue weighted by atomic mass is 9.77. The average Bonchev–Trinajstić information content (AvgIpc) is 3.83. The van der Waals surface area contributed by atoms with Crippen LogP contribution < -0.4 is 10.6 Å². The normalized spacial score (nSPS) is 17.2. The molecule has 2 amide bonds. The Bertz CT molecular complexity index is 2120. The Hall–Kier alpha value is -5.17. The number of hydrogen-bond donors (Lipinski definition) is 3. The summed E-state index contributed by atoms with van der Waals surface area (Å²) >= 11 is 4.91. The number of fused-ring (bicyclic) bond motifs is 1. The Morgan fingerprint density at radius 2 is 1.63 bits per heavy atom. The molecule has 1 saturated heterocycles. The third-order valence-corrected chi connectivity index (χ3v) is 12.6. The van der Waals surface area contributed by atoms with Gasteiger partial charge in [-0.15, -0.1) is 23.1 Å². The summed E-state index contributed by atoms with van der Waals surface area (Å²) in [6.07, 6.45) is 0. The van der Waals surface area contributed by atoms with E-state index in [-0.39, 0.29) is 22.9 Å². The van der Waals surface area contributed by atoms with E-state index in [1.807, 2.05) is 91.0 Å². The monoisotopic (exact) mass is 805 g/mol. The molecule has 276 valence electrons. The number of anilines is 1. The number of carbonyl (C=O) groups excluding carboxylic acids is 2. The molecule has 0 spiro atoms. The van der Waals surface area contributed by atoms with Crippen molar-refractivity contribution in [2.24, 2.45) is 5.16 Å².